The average Bonchev–Trinajstić information content (AvgIpc) is 3.30. The van der Waals surface area contributed by atoms with Gasteiger partial charge in [0.05, 0.1) is 20.6 Å². The molecule has 2 aromatic heterocycles. The van der Waals surface area contributed by atoms with Gasteiger partial charge in [0.1, 0.15) is 17.1 Å². The standard InChI is InChI=1S/C27H31N5O3/c1-5-11-28-25(33)14-18-8-7-9-21(13-18)32-12-10-19-17-29-27(31-26(19)32)30-20-15-23(34-3)22(6-2)24(16-20)35-4/h7-10,12-13,15-17H,5-6,11,14H2,1-4H3,(H,28,33)(H,29,30,31). The maximum absolute atomic E-state index is 12.2. The lowest BCUT2D eigenvalue weighted by Crippen LogP contribution is -2.25. The first-order valence-corrected chi connectivity index (χ1v) is 11.8. The second-order valence-corrected chi connectivity index (χ2v) is 8.19. The van der Waals surface area contributed by atoms with Gasteiger partial charge in [0.15, 0.2) is 0 Å². The van der Waals surface area contributed by atoms with Crippen LogP contribution in [0.3, 0.4) is 0 Å². The van der Waals surface area contributed by atoms with Gasteiger partial charge in [-0.3, -0.25) is 4.79 Å². The molecule has 0 unspecified atom stereocenters. The van der Waals surface area contributed by atoms with E-state index in [9.17, 15) is 4.79 Å². The number of hydrogen-bond donors (Lipinski definition) is 2. The second-order valence-electron chi connectivity index (χ2n) is 8.19. The molecule has 35 heavy (non-hydrogen) atoms. The van der Waals surface area contributed by atoms with Crippen molar-refractivity contribution in [2.75, 3.05) is 26.1 Å². The van der Waals surface area contributed by atoms with Gasteiger partial charge in [-0.1, -0.05) is 26.0 Å². The SMILES string of the molecule is CCCNC(=O)Cc1cccc(-n2ccc3cnc(Nc4cc(OC)c(CC)c(OC)c4)nc32)c1. The Kier molecular flexibility index (Phi) is 7.50. The molecule has 0 aliphatic heterocycles. The first-order chi connectivity index (χ1) is 17.1. The van der Waals surface area contributed by atoms with E-state index in [4.69, 9.17) is 14.5 Å². The molecular formula is C27H31N5O3. The summed E-state index contributed by atoms with van der Waals surface area (Å²) in [5, 5.41) is 7.11. The number of amides is 1. The molecule has 0 atom stereocenters. The van der Waals surface area contributed by atoms with Crippen LogP contribution in [-0.2, 0) is 17.6 Å². The van der Waals surface area contributed by atoms with Gasteiger partial charge in [-0.25, -0.2) is 4.98 Å². The molecule has 8 nitrogen and oxygen atoms in total. The molecule has 2 heterocycles. The van der Waals surface area contributed by atoms with E-state index in [1.54, 1.807) is 20.4 Å². The van der Waals surface area contributed by atoms with Crippen LogP contribution in [0.15, 0.2) is 54.9 Å². The van der Waals surface area contributed by atoms with Crippen molar-refractivity contribution >= 4 is 28.6 Å². The van der Waals surface area contributed by atoms with Crippen LogP contribution in [0.4, 0.5) is 11.6 Å². The van der Waals surface area contributed by atoms with Gasteiger partial charge in [-0.2, -0.15) is 4.98 Å². The van der Waals surface area contributed by atoms with Crippen molar-refractivity contribution in [1.29, 1.82) is 0 Å². The van der Waals surface area contributed by atoms with Crippen molar-refractivity contribution in [2.45, 2.75) is 33.1 Å². The molecule has 182 valence electrons. The number of rotatable bonds is 10. The third-order valence-electron chi connectivity index (χ3n) is 5.77. The first kappa shape index (κ1) is 24.1. The minimum Gasteiger partial charge on any atom is -0.496 e. The minimum atomic E-state index is 0.0233. The summed E-state index contributed by atoms with van der Waals surface area (Å²) in [5.41, 5.74) is 4.42. The van der Waals surface area contributed by atoms with Gasteiger partial charge < -0.3 is 24.7 Å². The largest absolute Gasteiger partial charge is 0.496 e. The summed E-state index contributed by atoms with van der Waals surface area (Å²) in [5.74, 6) is 1.98. The summed E-state index contributed by atoms with van der Waals surface area (Å²) in [6.45, 7) is 4.79. The zero-order valence-electron chi connectivity index (χ0n) is 20.6. The number of anilines is 2. The fourth-order valence-electron chi connectivity index (χ4n) is 4.05. The maximum atomic E-state index is 12.2. The Morgan fingerprint density at radius 1 is 1.06 bits per heavy atom. The van der Waals surface area contributed by atoms with Crippen LogP contribution in [0.2, 0.25) is 0 Å². The Morgan fingerprint density at radius 2 is 1.83 bits per heavy atom. The molecule has 8 heteroatoms. The molecule has 0 aliphatic carbocycles. The number of aromatic nitrogens is 3. The lowest BCUT2D eigenvalue weighted by Gasteiger charge is -2.15. The van der Waals surface area contributed by atoms with Gasteiger partial charge >= 0.3 is 0 Å². The zero-order chi connectivity index (χ0) is 24.8. The predicted molar refractivity (Wildman–Crippen MR) is 138 cm³/mol. The molecule has 4 aromatic rings. The van der Waals surface area contributed by atoms with E-state index in [0.717, 1.165) is 57.9 Å². The molecule has 1 amide bonds. The van der Waals surface area contributed by atoms with Crippen LogP contribution in [0, 0.1) is 0 Å². The third-order valence-corrected chi connectivity index (χ3v) is 5.77. The number of fused-ring (bicyclic) bond motifs is 1. The maximum Gasteiger partial charge on any atom is 0.229 e. The van der Waals surface area contributed by atoms with Crippen LogP contribution in [0.1, 0.15) is 31.4 Å². The smallest absolute Gasteiger partial charge is 0.229 e. The number of nitrogens with one attached hydrogen (secondary N) is 2. The summed E-state index contributed by atoms with van der Waals surface area (Å²) in [6, 6.07) is 13.7. The average molecular weight is 474 g/mol. The number of ether oxygens (including phenoxy) is 2. The van der Waals surface area contributed by atoms with Gasteiger partial charge in [0, 0.05) is 53.4 Å². The van der Waals surface area contributed by atoms with E-state index in [-0.39, 0.29) is 5.91 Å². The molecule has 4 rings (SSSR count). The van der Waals surface area contributed by atoms with Crippen molar-refractivity contribution < 1.29 is 14.3 Å². The van der Waals surface area contributed by atoms with E-state index >= 15 is 0 Å². The Balaban J connectivity index is 1.63. The van der Waals surface area contributed by atoms with E-state index in [0.29, 0.717) is 18.9 Å². The molecule has 0 saturated carbocycles. The Bertz CT molecular complexity index is 1310. The molecule has 0 radical (unpaired) electrons. The number of benzene rings is 2. The highest BCUT2D eigenvalue weighted by atomic mass is 16.5. The van der Waals surface area contributed by atoms with Crippen LogP contribution in [-0.4, -0.2) is 41.2 Å². The monoisotopic (exact) mass is 473 g/mol. The van der Waals surface area contributed by atoms with Crippen molar-refractivity contribution in [3.05, 3.63) is 66.0 Å². The highest BCUT2D eigenvalue weighted by Gasteiger charge is 2.13. The quantitative estimate of drug-likeness (QED) is 0.343. The number of carbonyl (C=O) groups is 1. The van der Waals surface area contributed by atoms with Crippen molar-refractivity contribution in [2.24, 2.45) is 0 Å². The van der Waals surface area contributed by atoms with Gasteiger partial charge in [0.25, 0.3) is 0 Å². The molecule has 2 N–H and O–H groups in total. The zero-order valence-corrected chi connectivity index (χ0v) is 20.6. The number of nitrogens with zero attached hydrogens (tertiary/aromatic N) is 3. The van der Waals surface area contributed by atoms with E-state index in [1.165, 1.54) is 0 Å². The first-order valence-electron chi connectivity index (χ1n) is 11.8. The number of methoxy groups -OCH3 is 2. The fraction of sp³-hybridized carbons (Fsp3) is 0.296. The van der Waals surface area contributed by atoms with Crippen molar-refractivity contribution in [3.63, 3.8) is 0 Å². The lowest BCUT2D eigenvalue weighted by atomic mass is 10.1. The summed E-state index contributed by atoms with van der Waals surface area (Å²) in [4.78, 5) is 21.4. The predicted octanol–water partition coefficient (Wildman–Crippen LogP) is 4.81. The number of hydrogen-bond acceptors (Lipinski definition) is 6. The van der Waals surface area contributed by atoms with Crippen LogP contribution in [0.25, 0.3) is 16.7 Å². The molecule has 0 spiro atoms. The molecular weight excluding hydrogens is 442 g/mol. The third kappa shape index (κ3) is 5.37. The van der Waals surface area contributed by atoms with E-state index in [1.807, 2.05) is 60.2 Å². The van der Waals surface area contributed by atoms with Crippen LogP contribution < -0.4 is 20.1 Å². The van der Waals surface area contributed by atoms with Gasteiger partial charge in [0.2, 0.25) is 11.9 Å². The molecule has 0 fully saturated rings. The fourth-order valence-corrected chi connectivity index (χ4v) is 4.05. The summed E-state index contributed by atoms with van der Waals surface area (Å²) in [6.07, 6.45) is 5.80. The van der Waals surface area contributed by atoms with Crippen molar-refractivity contribution in [3.8, 4) is 17.2 Å². The highest BCUT2D eigenvalue weighted by Crippen LogP contribution is 2.34. The lowest BCUT2D eigenvalue weighted by molar-refractivity contribution is -0.120. The van der Waals surface area contributed by atoms with Crippen molar-refractivity contribution in [1.82, 2.24) is 19.9 Å². The summed E-state index contributed by atoms with van der Waals surface area (Å²) in [7, 11) is 3.30. The van der Waals surface area contributed by atoms with Crippen LogP contribution in [0.5, 0.6) is 11.5 Å². The minimum absolute atomic E-state index is 0.0233. The second kappa shape index (κ2) is 10.9. The molecule has 0 aliphatic rings. The van der Waals surface area contributed by atoms with E-state index < -0.39 is 0 Å². The Labute approximate surface area is 205 Å². The molecule has 0 bridgehead atoms. The van der Waals surface area contributed by atoms with E-state index in [2.05, 4.69) is 22.5 Å². The topological polar surface area (TPSA) is 90.3 Å². The van der Waals surface area contributed by atoms with Gasteiger partial charge in [-0.05, 0) is 36.6 Å². The highest BCUT2D eigenvalue weighted by molar-refractivity contribution is 5.80. The van der Waals surface area contributed by atoms with Gasteiger partial charge in [-0.15, -0.1) is 0 Å². The normalized spacial score (nSPS) is 10.9. The summed E-state index contributed by atoms with van der Waals surface area (Å²) < 4.78 is 13.1. The Hall–Kier alpha value is -4.07. The Morgan fingerprint density at radius 3 is 2.51 bits per heavy atom. The van der Waals surface area contributed by atoms with Crippen LogP contribution >= 0.6 is 0 Å². The summed E-state index contributed by atoms with van der Waals surface area (Å²) >= 11 is 0. The number of carbonyl (C=O) groups excluding carboxylic acids is 1. The molecule has 0 saturated heterocycles. The molecule has 2 aromatic carbocycles.